The monoisotopic (exact) mass is 382 g/mol. The van der Waals surface area contributed by atoms with Crippen molar-refractivity contribution in [3.05, 3.63) is 47.3 Å². The molecule has 148 valence electrons. The molecule has 0 saturated carbocycles. The fraction of sp³-hybridized carbons (Fsp3) is 0.476. The number of likely N-dealkylation sites (tertiary alicyclic amines) is 2. The number of piperidine rings is 1. The average Bonchev–Trinajstić information content (AvgIpc) is 3.45. The quantitative estimate of drug-likeness (QED) is 0.882. The highest BCUT2D eigenvalue weighted by molar-refractivity contribution is 5.97. The fourth-order valence-electron chi connectivity index (χ4n) is 4.21. The number of hydrogen-bond donors (Lipinski definition) is 1. The van der Waals surface area contributed by atoms with Crippen LogP contribution >= 0.6 is 0 Å². The van der Waals surface area contributed by atoms with Gasteiger partial charge in [-0.05, 0) is 50.3 Å². The first-order valence-electron chi connectivity index (χ1n) is 9.96. The molecule has 2 saturated heterocycles. The van der Waals surface area contributed by atoms with E-state index in [0.717, 1.165) is 50.9 Å². The lowest BCUT2D eigenvalue weighted by atomic mass is 9.95. The molecule has 2 amide bonds. The fourth-order valence-corrected chi connectivity index (χ4v) is 4.21. The first-order chi connectivity index (χ1) is 13.7. The molecule has 0 radical (unpaired) electrons. The standard InChI is InChI=1S/C21H26N4O3/c1-28-16-8-6-7-15(13-16)20(26)25-12-3-2-9-18(25)19-17(14-22-23-19)21(27)24-10-4-5-11-24/h6-8,13-14,18H,2-5,9-12H2,1H3,(H,22,23). The van der Waals surface area contributed by atoms with Crippen LogP contribution in [0.4, 0.5) is 0 Å². The van der Waals surface area contributed by atoms with Crippen LogP contribution in [0, 0.1) is 0 Å². The number of aromatic amines is 1. The minimum absolute atomic E-state index is 0.0144. The van der Waals surface area contributed by atoms with Crippen molar-refractivity contribution < 1.29 is 14.3 Å². The van der Waals surface area contributed by atoms with E-state index in [4.69, 9.17) is 4.74 Å². The third kappa shape index (κ3) is 3.48. The lowest BCUT2D eigenvalue weighted by Gasteiger charge is -2.36. The third-order valence-corrected chi connectivity index (χ3v) is 5.71. The first-order valence-corrected chi connectivity index (χ1v) is 9.96. The number of rotatable bonds is 4. The van der Waals surface area contributed by atoms with Gasteiger partial charge in [0, 0.05) is 25.2 Å². The van der Waals surface area contributed by atoms with Gasteiger partial charge >= 0.3 is 0 Å². The molecule has 2 aliphatic heterocycles. The van der Waals surface area contributed by atoms with Crippen LogP contribution in [0.15, 0.2) is 30.5 Å². The Bertz CT molecular complexity index is 857. The number of aromatic nitrogens is 2. The van der Waals surface area contributed by atoms with Crippen LogP contribution in [0.1, 0.15) is 64.6 Å². The van der Waals surface area contributed by atoms with Gasteiger partial charge in [0.2, 0.25) is 0 Å². The van der Waals surface area contributed by atoms with Crippen LogP contribution in [0.5, 0.6) is 5.75 Å². The summed E-state index contributed by atoms with van der Waals surface area (Å²) in [5.74, 6) is 0.629. The van der Waals surface area contributed by atoms with Gasteiger partial charge in [-0.1, -0.05) is 6.07 Å². The van der Waals surface area contributed by atoms with E-state index in [1.165, 1.54) is 0 Å². The van der Waals surface area contributed by atoms with E-state index < -0.39 is 0 Å². The molecule has 1 N–H and O–H groups in total. The summed E-state index contributed by atoms with van der Waals surface area (Å²) in [4.78, 5) is 29.9. The maximum absolute atomic E-state index is 13.3. The summed E-state index contributed by atoms with van der Waals surface area (Å²) in [5, 5.41) is 7.18. The number of H-pyrrole nitrogens is 1. The number of benzene rings is 1. The lowest BCUT2D eigenvalue weighted by Crippen LogP contribution is -2.39. The van der Waals surface area contributed by atoms with E-state index in [1.54, 1.807) is 25.4 Å². The average molecular weight is 382 g/mol. The molecule has 3 heterocycles. The molecule has 0 spiro atoms. The van der Waals surface area contributed by atoms with Crippen LogP contribution in [-0.4, -0.2) is 58.6 Å². The number of amides is 2. The summed E-state index contributed by atoms with van der Waals surface area (Å²) >= 11 is 0. The SMILES string of the molecule is COc1cccc(C(=O)N2CCCCC2c2[nH]ncc2C(=O)N2CCCC2)c1. The predicted octanol–water partition coefficient (Wildman–Crippen LogP) is 3.02. The number of methoxy groups -OCH3 is 1. The molecule has 1 unspecified atom stereocenters. The number of ether oxygens (including phenoxy) is 1. The molecule has 0 aliphatic carbocycles. The summed E-state index contributed by atoms with van der Waals surface area (Å²) in [5.41, 5.74) is 1.95. The Morgan fingerprint density at radius 1 is 1.11 bits per heavy atom. The van der Waals surface area contributed by atoms with Gasteiger partial charge in [0.25, 0.3) is 11.8 Å². The summed E-state index contributed by atoms with van der Waals surface area (Å²) in [6.45, 7) is 2.25. The zero-order valence-electron chi connectivity index (χ0n) is 16.2. The smallest absolute Gasteiger partial charge is 0.257 e. The van der Waals surface area contributed by atoms with Gasteiger partial charge in [-0.3, -0.25) is 14.7 Å². The van der Waals surface area contributed by atoms with Crippen LogP contribution in [-0.2, 0) is 0 Å². The molecule has 28 heavy (non-hydrogen) atoms. The Morgan fingerprint density at radius 2 is 1.89 bits per heavy atom. The molecule has 7 nitrogen and oxygen atoms in total. The predicted molar refractivity (Wildman–Crippen MR) is 104 cm³/mol. The van der Waals surface area contributed by atoms with Gasteiger partial charge < -0.3 is 14.5 Å². The summed E-state index contributed by atoms with van der Waals surface area (Å²) in [6, 6.07) is 7.05. The normalized spacial score (nSPS) is 19.7. The minimum Gasteiger partial charge on any atom is -0.497 e. The Morgan fingerprint density at radius 3 is 2.68 bits per heavy atom. The number of carbonyl (C=O) groups is 2. The van der Waals surface area contributed by atoms with Crippen molar-refractivity contribution in [1.82, 2.24) is 20.0 Å². The Balaban J connectivity index is 1.62. The van der Waals surface area contributed by atoms with E-state index in [-0.39, 0.29) is 17.9 Å². The summed E-state index contributed by atoms with van der Waals surface area (Å²) in [7, 11) is 1.59. The number of nitrogens with zero attached hydrogens (tertiary/aromatic N) is 3. The van der Waals surface area contributed by atoms with Crippen molar-refractivity contribution in [2.75, 3.05) is 26.7 Å². The molecular formula is C21H26N4O3. The molecule has 2 aromatic rings. The van der Waals surface area contributed by atoms with Crippen molar-refractivity contribution in [1.29, 1.82) is 0 Å². The number of carbonyl (C=O) groups excluding carboxylic acids is 2. The maximum atomic E-state index is 13.3. The second-order valence-corrected chi connectivity index (χ2v) is 7.44. The third-order valence-electron chi connectivity index (χ3n) is 5.71. The molecule has 0 bridgehead atoms. The van der Waals surface area contributed by atoms with Gasteiger partial charge in [0.15, 0.2) is 0 Å². The van der Waals surface area contributed by atoms with Gasteiger partial charge in [-0.2, -0.15) is 5.10 Å². The Kier molecular flexibility index (Phi) is 5.32. The zero-order valence-corrected chi connectivity index (χ0v) is 16.2. The molecule has 2 fully saturated rings. The highest BCUT2D eigenvalue weighted by Gasteiger charge is 2.34. The minimum atomic E-state index is -0.170. The Hall–Kier alpha value is -2.83. The summed E-state index contributed by atoms with van der Waals surface area (Å²) in [6.07, 6.45) is 6.49. The largest absolute Gasteiger partial charge is 0.497 e. The van der Waals surface area contributed by atoms with Crippen molar-refractivity contribution in [2.24, 2.45) is 0 Å². The van der Waals surface area contributed by atoms with Crippen molar-refractivity contribution in [2.45, 2.75) is 38.1 Å². The van der Waals surface area contributed by atoms with E-state index >= 15 is 0 Å². The van der Waals surface area contributed by atoms with Crippen LogP contribution < -0.4 is 4.74 Å². The van der Waals surface area contributed by atoms with Crippen LogP contribution in [0.3, 0.4) is 0 Å². The van der Waals surface area contributed by atoms with E-state index in [1.807, 2.05) is 21.9 Å². The Labute approximate surface area is 164 Å². The summed E-state index contributed by atoms with van der Waals surface area (Å²) < 4.78 is 5.26. The van der Waals surface area contributed by atoms with Crippen LogP contribution in [0.2, 0.25) is 0 Å². The van der Waals surface area contributed by atoms with Gasteiger partial charge in [-0.15, -0.1) is 0 Å². The van der Waals surface area contributed by atoms with Crippen molar-refractivity contribution in [3.63, 3.8) is 0 Å². The molecule has 4 rings (SSSR count). The van der Waals surface area contributed by atoms with E-state index in [2.05, 4.69) is 10.2 Å². The maximum Gasteiger partial charge on any atom is 0.257 e. The van der Waals surface area contributed by atoms with Crippen LogP contribution in [0.25, 0.3) is 0 Å². The molecule has 1 atom stereocenters. The molecule has 7 heteroatoms. The zero-order chi connectivity index (χ0) is 19.5. The molecular weight excluding hydrogens is 356 g/mol. The van der Waals surface area contributed by atoms with E-state index in [0.29, 0.717) is 23.4 Å². The second-order valence-electron chi connectivity index (χ2n) is 7.44. The number of hydrogen-bond acceptors (Lipinski definition) is 4. The van der Waals surface area contributed by atoms with E-state index in [9.17, 15) is 9.59 Å². The van der Waals surface area contributed by atoms with Crippen molar-refractivity contribution in [3.8, 4) is 5.75 Å². The highest BCUT2D eigenvalue weighted by Crippen LogP contribution is 2.33. The van der Waals surface area contributed by atoms with Gasteiger partial charge in [0.05, 0.1) is 30.6 Å². The molecule has 2 aliphatic rings. The van der Waals surface area contributed by atoms with Crippen molar-refractivity contribution >= 4 is 11.8 Å². The topological polar surface area (TPSA) is 78.5 Å². The molecule has 1 aromatic heterocycles. The second kappa shape index (κ2) is 8.04. The molecule has 1 aromatic carbocycles. The van der Waals surface area contributed by atoms with Gasteiger partial charge in [-0.25, -0.2) is 0 Å². The lowest BCUT2D eigenvalue weighted by molar-refractivity contribution is 0.0598. The highest BCUT2D eigenvalue weighted by atomic mass is 16.5. The first kappa shape index (κ1) is 18.5. The van der Waals surface area contributed by atoms with Gasteiger partial charge in [0.1, 0.15) is 5.75 Å². The number of nitrogens with one attached hydrogen (secondary N) is 1.